The van der Waals surface area contributed by atoms with Crippen molar-refractivity contribution in [3.8, 4) is 0 Å². The number of nitrogens with two attached hydrogens (primary N) is 1. The van der Waals surface area contributed by atoms with Crippen LogP contribution in [0.3, 0.4) is 0 Å². The summed E-state index contributed by atoms with van der Waals surface area (Å²) in [7, 11) is 0. The lowest BCUT2D eigenvalue weighted by Gasteiger charge is -2.27. The first-order valence-electron chi connectivity index (χ1n) is 7.51. The second-order valence-corrected chi connectivity index (χ2v) is 6.17. The molecule has 0 aliphatic carbocycles. The smallest absolute Gasteiger partial charge is 0.239 e. The molecule has 18 heavy (non-hydrogen) atoms. The van der Waals surface area contributed by atoms with E-state index in [2.05, 4.69) is 27.7 Å². The number of carbonyl (C=O) groups is 1. The Morgan fingerprint density at radius 1 is 1.28 bits per heavy atom. The van der Waals surface area contributed by atoms with Crippen molar-refractivity contribution >= 4 is 5.91 Å². The van der Waals surface area contributed by atoms with Gasteiger partial charge in [-0.3, -0.25) is 4.79 Å². The van der Waals surface area contributed by atoms with Gasteiger partial charge in [-0.15, -0.1) is 0 Å². The monoisotopic (exact) mass is 254 g/mol. The van der Waals surface area contributed by atoms with Crippen LogP contribution in [-0.2, 0) is 4.79 Å². The Kier molecular flexibility index (Phi) is 6.13. The van der Waals surface area contributed by atoms with Gasteiger partial charge in [0.25, 0.3) is 0 Å². The summed E-state index contributed by atoms with van der Waals surface area (Å²) in [6.07, 6.45) is 4.48. The zero-order chi connectivity index (χ0) is 13.7. The molecule has 0 aromatic rings. The zero-order valence-corrected chi connectivity index (χ0v) is 12.5. The molecule has 1 fully saturated rings. The van der Waals surface area contributed by atoms with Gasteiger partial charge in [0.2, 0.25) is 5.91 Å². The minimum absolute atomic E-state index is 0.161. The fourth-order valence-electron chi connectivity index (χ4n) is 2.72. The predicted octanol–water partition coefficient (Wildman–Crippen LogP) is 2.64. The average molecular weight is 254 g/mol. The molecule has 1 aliphatic rings. The highest BCUT2D eigenvalue weighted by molar-refractivity contribution is 5.82. The first-order chi connectivity index (χ1) is 8.47. The molecule has 106 valence electrons. The summed E-state index contributed by atoms with van der Waals surface area (Å²) in [6, 6.07) is -0.314. The highest BCUT2D eigenvalue weighted by Gasteiger charge is 2.27. The van der Waals surface area contributed by atoms with Gasteiger partial charge in [-0.25, -0.2) is 0 Å². The second-order valence-electron chi connectivity index (χ2n) is 6.17. The molecular formula is C15H30N2O. The number of carbonyl (C=O) groups excluding carboxylic acids is 1. The lowest BCUT2D eigenvalue weighted by molar-refractivity contribution is -0.133. The summed E-state index contributed by atoms with van der Waals surface area (Å²) in [4.78, 5) is 14.3. The zero-order valence-electron chi connectivity index (χ0n) is 12.5. The van der Waals surface area contributed by atoms with E-state index in [1.54, 1.807) is 0 Å². The molecule has 3 nitrogen and oxygen atoms in total. The van der Waals surface area contributed by atoms with E-state index in [0.717, 1.165) is 44.2 Å². The Labute approximate surface area is 112 Å². The first kappa shape index (κ1) is 15.5. The normalized spacial score (nSPS) is 24.8. The molecule has 1 rings (SSSR count). The van der Waals surface area contributed by atoms with E-state index < -0.39 is 0 Å². The van der Waals surface area contributed by atoms with Gasteiger partial charge in [-0.05, 0) is 37.0 Å². The molecule has 3 unspecified atom stereocenters. The number of hydrogen-bond acceptors (Lipinski definition) is 2. The van der Waals surface area contributed by atoms with Gasteiger partial charge < -0.3 is 10.6 Å². The largest absolute Gasteiger partial charge is 0.341 e. The summed E-state index contributed by atoms with van der Waals surface area (Å²) in [6.45, 7) is 10.5. The minimum Gasteiger partial charge on any atom is -0.341 e. The molecule has 0 radical (unpaired) electrons. The van der Waals surface area contributed by atoms with Crippen LogP contribution >= 0.6 is 0 Å². The van der Waals surface area contributed by atoms with Crippen molar-refractivity contribution < 1.29 is 4.79 Å². The van der Waals surface area contributed by atoms with E-state index >= 15 is 0 Å². The lowest BCUT2D eigenvalue weighted by atomic mass is 9.89. The Hall–Kier alpha value is -0.570. The van der Waals surface area contributed by atoms with Gasteiger partial charge in [0.1, 0.15) is 0 Å². The second kappa shape index (κ2) is 7.13. The highest BCUT2D eigenvalue weighted by Crippen LogP contribution is 2.25. The fourth-order valence-corrected chi connectivity index (χ4v) is 2.72. The lowest BCUT2D eigenvalue weighted by Crippen LogP contribution is -2.47. The Morgan fingerprint density at radius 3 is 2.50 bits per heavy atom. The number of nitrogens with zero attached hydrogens (tertiary/aromatic N) is 1. The SMILES string of the molecule is CCC(C)C(N)C(=O)N1CCCC(C(C)C)CC1. The summed E-state index contributed by atoms with van der Waals surface area (Å²) >= 11 is 0. The third kappa shape index (κ3) is 3.98. The fraction of sp³-hybridized carbons (Fsp3) is 0.933. The minimum atomic E-state index is -0.314. The van der Waals surface area contributed by atoms with Crippen LogP contribution in [0.2, 0.25) is 0 Å². The maximum Gasteiger partial charge on any atom is 0.239 e. The average Bonchev–Trinajstić information content (AvgIpc) is 2.61. The van der Waals surface area contributed by atoms with E-state index in [4.69, 9.17) is 5.73 Å². The first-order valence-corrected chi connectivity index (χ1v) is 7.51. The van der Waals surface area contributed by atoms with Gasteiger partial charge in [-0.1, -0.05) is 34.1 Å². The summed E-state index contributed by atoms with van der Waals surface area (Å²) < 4.78 is 0. The van der Waals surface area contributed by atoms with E-state index in [0.29, 0.717) is 0 Å². The molecule has 0 saturated carbocycles. The molecule has 0 aromatic heterocycles. The summed E-state index contributed by atoms with van der Waals surface area (Å²) in [5.41, 5.74) is 6.06. The molecule has 0 bridgehead atoms. The number of likely N-dealkylation sites (tertiary alicyclic amines) is 1. The molecule has 1 amide bonds. The number of amides is 1. The summed E-state index contributed by atoms with van der Waals surface area (Å²) in [5, 5.41) is 0. The van der Waals surface area contributed by atoms with Crippen molar-refractivity contribution in [3.05, 3.63) is 0 Å². The Bertz CT molecular complexity index is 265. The quantitative estimate of drug-likeness (QED) is 0.838. The molecule has 3 atom stereocenters. The number of rotatable bonds is 4. The van der Waals surface area contributed by atoms with Crippen molar-refractivity contribution in [2.45, 2.75) is 59.4 Å². The molecule has 3 heteroatoms. The molecule has 2 N–H and O–H groups in total. The van der Waals surface area contributed by atoms with Crippen LogP contribution in [-0.4, -0.2) is 29.9 Å². The maximum atomic E-state index is 12.3. The van der Waals surface area contributed by atoms with Gasteiger partial charge in [0.05, 0.1) is 6.04 Å². The van der Waals surface area contributed by atoms with Crippen LogP contribution in [0.1, 0.15) is 53.4 Å². The number of hydrogen-bond donors (Lipinski definition) is 1. The predicted molar refractivity (Wildman–Crippen MR) is 76.2 cm³/mol. The standard InChI is InChI=1S/C15H30N2O/c1-5-12(4)14(16)15(18)17-9-6-7-13(8-10-17)11(2)3/h11-14H,5-10,16H2,1-4H3. The van der Waals surface area contributed by atoms with Crippen LogP contribution in [0.5, 0.6) is 0 Å². The van der Waals surface area contributed by atoms with Crippen molar-refractivity contribution in [3.63, 3.8) is 0 Å². The van der Waals surface area contributed by atoms with Crippen LogP contribution in [0.15, 0.2) is 0 Å². The Morgan fingerprint density at radius 2 is 1.94 bits per heavy atom. The molecule has 0 aromatic carbocycles. The third-order valence-electron chi connectivity index (χ3n) is 4.57. The Balaban J connectivity index is 2.54. The van der Waals surface area contributed by atoms with Gasteiger partial charge >= 0.3 is 0 Å². The van der Waals surface area contributed by atoms with E-state index in [1.807, 2.05) is 4.90 Å². The summed E-state index contributed by atoms with van der Waals surface area (Å²) in [5.74, 6) is 1.93. The van der Waals surface area contributed by atoms with Crippen LogP contribution in [0, 0.1) is 17.8 Å². The molecule has 1 saturated heterocycles. The molecule has 1 heterocycles. The van der Waals surface area contributed by atoms with Crippen LogP contribution < -0.4 is 5.73 Å². The van der Waals surface area contributed by atoms with Gasteiger partial charge in [0.15, 0.2) is 0 Å². The van der Waals surface area contributed by atoms with Crippen LogP contribution in [0.25, 0.3) is 0 Å². The van der Waals surface area contributed by atoms with Gasteiger partial charge in [0, 0.05) is 13.1 Å². The third-order valence-corrected chi connectivity index (χ3v) is 4.57. The highest BCUT2D eigenvalue weighted by atomic mass is 16.2. The van der Waals surface area contributed by atoms with Crippen molar-refractivity contribution in [1.82, 2.24) is 4.90 Å². The van der Waals surface area contributed by atoms with Crippen molar-refractivity contribution in [1.29, 1.82) is 0 Å². The topological polar surface area (TPSA) is 46.3 Å². The van der Waals surface area contributed by atoms with Crippen molar-refractivity contribution in [2.75, 3.05) is 13.1 Å². The van der Waals surface area contributed by atoms with Gasteiger partial charge in [-0.2, -0.15) is 0 Å². The van der Waals surface area contributed by atoms with E-state index in [-0.39, 0.29) is 17.9 Å². The van der Waals surface area contributed by atoms with Crippen molar-refractivity contribution in [2.24, 2.45) is 23.5 Å². The van der Waals surface area contributed by atoms with Crippen LogP contribution in [0.4, 0.5) is 0 Å². The molecule has 1 aliphatic heterocycles. The molecule has 0 spiro atoms. The van der Waals surface area contributed by atoms with E-state index in [1.165, 1.54) is 6.42 Å². The molecular weight excluding hydrogens is 224 g/mol. The maximum absolute atomic E-state index is 12.3. The van der Waals surface area contributed by atoms with E-state index in [9.17, 15) is 4.79 Å².